The monoisotopic (exact) mass is 341 g/mol. The van der Waals surface area contributed by atoms with Crippen molar-refractivity contribution in [2.75, 3.05) is 5.32 Å². The largest absolute Gasteiger partial charge is 0.328 e. The number of aromatic nitrogens is 1. The van der Waals surface area contributed by atoms with Crippen LogP contribution in [0.5, 0.6) is 0 Å². The first-order chi connectivity index (χ1) is 9.75. The molecule has 1 atom stereocenters. The van der Waals surface area contributed by atoms with Gasteiger partial charge in [-0.3, -0.25) is 4.79 Å². The van der Waals surface area contributed by atoms with Crippen molar-refractivity contribution >= 4 is 45.6 Å². The first-order valence-electron chi connectivity index (χ1n) is 7.22. The van der Waals surface area contributed by atoms with Crippen LogP contribution in [0.2, 0.25) is 0 Å². The molecule has 2 aromatic rings. The molecule has 1 heterocycles. The first-order valence-corrected chi connectivity index (χ1v) is 8.04. The number of halogens is 1. The lowest BCUT2D eigenvalue weighted by Gasteiger charge is -2.13. The summed E-state index contributed by atoms with van der Waals surface area (Å²) in [5.74, 6) is 0.00668. The van der Waals surface area contributed by atoms with Crippen molar-refractivity contribution in [3.63, 3.8) is 0 Å². The summed E-state index contributed by atoms with van der Waals surface area (Å²) < 4.78 is 1.10. The van der Waals surface area contributed by atoms with E-state index < -0.39 is 0 Å². The Morgan fingerprint density at radius 1 is 1.41 bits per heavy atom. The Morgan fingerprint density at radius 2 is 2.09 bits per heavy atom. The minimum absolute atomic E-state index is 0. The van der Waals surface area contributed by atoms with E-state index in [2.05, 4.69) is 31.1 Å². The van der Waals surface area contributed by atoms with Crippen LogP contribution in [-0.2, 0) is 10.2 Å². The Bertz CT molecular complexity index is 646. The van der Waals surface area contributed by atoms with Crippen LogP contribution in [0.25, 0.3) is 10.2 Å². The molecule has 3 N–H and O–H groups in total. The molecule has 0 saturated carbocycles. The second-order valence-corrected chi connectivity index (χ2v) is 7.55. The van der Waals surface area contributed by atoms with Gasteiger partial charge in [-0.05, 0) is 31.5 Å². The van der Waals surface area contributed by atoms with Gasteiger partial charge in [0.15, 0.2) is 0 Å². The van der Waals surface area contributed by atoms with Gasteiger partial charge in [-0.1, -0.05) is 20.8 Å². The molecule has 122 valence electrons. The molecular weight excluding hydrogens is 318 g/mol. The minimum Gasteiger partial charge on any atom is -0.328 e. The van der Waals surface area contributed by atoms with E-state index in [1.54, 1.807) is 11.3 Å². The van der Waals surface area contributed by atoms with Crippen molar-refractivity contribution in [2.24, 2.45) is 5.73 Å². The zero-order valence-corrected chi connectivity index (χ0v) is 15.1. The Labute approximate surface area is 141 Å². The topological polar surface area (TPSA) is 68.0 Å². The fourth-order valence-corrected chi connectivity index (χ4v) is 2.97. The third-order valence-electron chi connectivity index (χ3n) is 3.14. The molecule has 0 radical (unpaired) electrons. The molecule has 4 nitrogen and oxygen atoms in total. The zero-order valence-electron chi connectivity index (χ0n) is 13.5. The number of benzene rings is 1. The maximum Gasteiger partial charge on any atom is 0.224 e. The van der Waals surface area contributed by atoms with Crippen LogP contribution < -0.4 is 11.1 Å². The van der Waals surface area contributed by atoms with Gasteiger partial charge < -0.3 is 11.1 Å². The Hall–Kier alpha value is -1.17. The average molecular weight is 342 g/mol. The number of nitrogens with zero attached hydrogens (tertiary/aromatic N) is 1. The lowest BCUT2D eigenvalue weighted by atomic mass is 9.98. The predicted octanol–water partition coefficient (Wildman–Crippen LogP) is 4.08. The van der Waals surface area contributed by atoms with Gasteiger partial charge in [0.05, 0.1) is 15.2 Å². The normalized spacial score (nSPS) is 12.8. The number of nitrogens with two attached hydrogens (primary N) is 1. The molecule has 1 unspecified atom stereocenters. The standard InChI is InChI=1S/C16H23N3OS.ClH/c1-10(17)5-8-14(20)18-11-6-7-12-13(9-11)21-15(19-12)16(2,3)4;/h6-7,9-10H,5,8,17H2,1-4H3,(H,18,20);1H. The number of nitrogens with one attached hydrogen (secondary N) is 1. The van der Waals surface area contributed by atoms with Crippen LogP contribution in [0.1, 0.15) is 45.5 Å². The first kappa shape index (κ1) is 18.9. The van der Waals surface area contributed by atoms with Crippen LogP contribution in [0.4, 0.5) is 5.69 Å². The Balaban J connectivity index is 0.00000242. The van der Waals surface area contributed by atoms with Crippen molar-refractivity contribution in [3.05, 3.63) is 23.2 Å². The summed E-state index contributed by atoms with van der Waals surface area (Å²) in [6.07, 6.45) is 1.15. The summed E-state index contributed by atoms with van der Waals surface area (Å²) in [4.78, 5) is 16.5. The van der Waals surface area contributed by atoms with Gasteiger partial charge in [0.25, 0.3) is 0 Å². The van der Waals surface area contributed by atoms with E-state index in [1.165, 1.54) is 0 Å². The number of hydrogen-bond acceptors (Lipinski definition) is 4. The molecule has 0 spiro atoms. The fourth-order valence-electron chi connectivity index (χ4n) is 1.91. The second kappa shape index (κ2) is 7.40. The van der Waals surface area contributed by atoms with E-state index in [9.17, 15) is 4.79 Å². The molecular formula is C16H24ClN3OS. The van der Waals surface area contributed by atoms with Gasteiger partial charge in [0, 0.05) is 23.6 Å². The van der Waals surface area contributed by atoms with E-state index in [4.69, 9.17) is 5.73 Å². The van der Waals surface area contributed by atoms with E-state index in [1.807, 2.05) is 25.1 Å². The summed E-state index contributed by atoms with van der Waals surface area (Å²) in [5, 5.41) is 4.03. The van der Waals surface area contributed by atoms with Crippen molar-refractivity contribution in [3.8, 4) is 0 Å². The number of rotatable bonds is 4. The molecule has 1 aromatic carbocycles. The molecule has 0 saturated heterocycles. The molecule has 1 aromatic heterocycles. The van der Waals surface area contributed by atoms with Crippen LogP contribution >= 0.6 is 23.7 Å². The molecule has 0 fully saturated rings. The van der Waals surface area contributed by atoms with Crippen LogP contribution in [0, 0.1) is 0 Å². The van der Waals surface area contributed by atoms with Crippen LogP contribution in [0.3, 0.4) is 0 Å². The highest BCUT2D eigenvalue weighted by atomic mass is 35.5. The summed E-state index contributed by atoms with van der Waals surface area (Å²) >= 11 is 1.68. The number of hydrogen-bond donors (Lipinski definition) is 2. The predicted molar refractivity (Wildman–Crippen MR) is 97.1 cm³/mol. The molecule has 2 rings (SSSR count). The van der Waals surface area contributed by atoms with Gasteiger partial charge in [0.1, 0.15) is 0 Å². The van der Waals surface area contributed by atoms with E-state index in [0.29, 0.717) is 12.8 Å². The molecule has 0 aliphatic heterocycles. The molecule has 0 bridgehead atoms. The van der Waals surface area contributed by atoms with Crippen molar-refractivity contribution in [1.29, 1.82) is 0 Å². The number of carbonyl (C=O) groups excluding carboxylic acids is 1. The highest BCUT2D eigenvalue weighted by Gasteiger charge is 2.18. The molecule has 22 heavy (non-hydrogen) atoms. The number of amides is 1. The van der Waals surface area contributed by atoms with E-state index in [0.717, 1.165) is 20.9 Å². The van der Waals surface area contributed by atoms with E-state index >= 15 is 0 Å². The van der Waals surface area contributed by atoms with Crippen LogP contribution in [-0.4, -0.2) is 16.9 Å². The van der Waals surface area contributed by atoms with Gasteiger partial charge in [-0.15, -0.1) is 23.7 Å². The fraction of sp³-hybridized carbons (Fsp3) is 0.500. The summed E-state index contributed by atoms with van der Waals surface area (Å²) in [6, 6.07) is 5.90. The van der Waals surface area contributed by atoms with Gasteiger partial charge >= 0.3 is 0 Å². The number of fused-ring (bicyclic) bond motifs is 1. The maximum absolute atomic E-state index is 11.8. The number of anilines is 1. The molecule has 6 heteroatoms. The molecule has 0 aliphatic rings. The molecule has 0 aliphatic carbocycles. The van der Waals surface area contributed by atoms with Crippen molar-refractivity contribution in [2.45, 2.75) is 52.0 Å². The lowest BCUT2D eigenvalue weighted by molar-refractivity contribution is -0.116. The maximum atomic E-state index is 11.8. The SMILES string of the molecule is CC(N)CCC(=O)Nc1ccc2nc(C(C)(C)C)sc2c1.Cl. The highest BCUT2D eigenvalue weighted by molar-refractivity contribution is 7.18. The second-order valence-electron chi connectivity index (χ2n) is 6.52. The third-order valence-corrected chi connectivity index (χ3v) is 4.58. The van der Waals surface area contributed by atoms with Crippen molar-refractivity contribution in [1.82, 2.24) is 4.98 Å². The highest BCUT2D eigenvalue weighted by Crippen LogP contribution is 2.32. The number of carbonyl (C=O) groups is 1. The lowest BCUT2D eigenvalue weighted by Crippen LogP contribution is -2.19. The Morgan fingerprint density at radius 3 is 2.68 bits per heavy atom. The van der Waals surface area contributed by atoms with Gasteiger partial charge in [-0.2, -0.15) is 0 Å². The number of thiazole rings is 1. The zero-order chi connectivity index (χ0) is 15.6. The smallest absolute Gasteiger partial charge is 0.224 e. The van der Waals surface area contributed by atoms with E-state index in [-0.39, 0.29) is 29.8 Å². The minimum atomic E-state index is 0. The Kier molecular flexibility index (Phi) is 6.35. The summed E-state index contributed by atoms with van der Waals surface area (Å²) in [5.41, 5.74) is 7.52. The van der Waals surface area contributed by atoms with Crippen molar-refractivity contribution < 1.29 is 4.79 Å². The van der Waals surface area contributed by atoms with Gasteiger partial charge in [0.2, 0.25) is 5.91 Å². The summed E-state index contributed by atoms with van der Waals surface area (Å²) in [6.45, 7) is 8.37. The molecule has 1 amide bonds. The third kappa shape index (κ3) is 4.93. The van der Waals surface area contributed by atoms with Crippen LogP contribution in [0.15, 0.2) is 18.2 Å². The quantitative estimate of drug-likeness (QED) is 0.880. The van der Waals surface area contributed by atoms with Gasteiger partial charge in [-0.25, -0.2) is 4.98 Å². The summed E-state index contributed by atoms with van der Waals surface area (Å²) in [7, 11) is 0. The average Bonchev–Trinajstić information content (AvgIpc) is 2.79.